The lowest BCUT2D eigenvalue weighted by Gasteiger charge is -2.29. The van der Waals surface area contributed by atoms with Crippen LogP contribution in [0.1, 0.15) is 12.5 Å². The molecule has 0 aliphatic rings. The number of imidazole rings is 1. The number of aromatic nitrogens is 2. The molecule has 3 aromatic rings. The van der Waals surface area contributed by atoms with E-state index < -0.39 is 22.0 Å². The Hall–Kier alpha value is -3.04. The third kappa shape index (κ3) is 5.36. The number of sulfonamides is 1. The normalized spacial score (nSPS) is 12.3. The minimum atomic E-state index is -3.80. The second-order valence-electron chi connectivity index (χ2n) is 6.91. The van der Waals surface area contributed by atoms with E-state index in [-0.39, 0.29) is 12.2 Å². The molecule has 0 aliphatic carbocycles. The second kappa shape index (κ2) is 9.40. The van der Waals surface area contributed by atoms with Crippen molar-refractivity contribution >= 4 is 33.2 Å². The molecule has 1 heterocycles. The molecule has 0 fully saturated rings. The zero-order valence-electron chi connectivity index (χ0n) is 17.3. The number of benzene rings is 2. The number of ether oxygens (including phenoxy) is 1. The maximum Gasteiger partial charge on any atom is 0.243 e. The van der Waals surface area contributed by atoms with Crippen LogP contribution in [-0.2, 0) is 21.4 Å². The largest absolute Gasteiger partial charge is 0.495 e. The van der Waals surface area contributed by atoms with Gasteiger partial charge in [0.2, 0.25) is 15.9 Å². The number of rotatable bonds is 8. The summed E-state index contributed by atoms with van der Waals surface area (Å²) in [5.41, 5.74) is 2.01. The monoisotopic (exact) mass is 462 g/mol. The molecule has 2 aromatic carbocycles. The number of amides is 1. The SMILES string of the molecule is COc1ccc(Cl)cc1N([C@H](C)C(=O)NCc1ccc(-n2ccnc2)cc1)S(C)(=O)=O. The molecule has 1 N–H and O–H groups in total. The predicted octanol–water partition coefficient (Wildman–Crippen LogP) is 3.01. The summed E-state index contributed by atoms with van der Waals surface area (Å²) < 4.78 is 33.2. The van der Waals surface area contributed by atoms with Crippen LogP contribution < -0.4 is 14.4 Å². The Bertz CT molecular complexity index is 1150. The summed E-state index contributed by atoms with van der Waals surface area (Å²) >= 11 is 6.06. The Morgan fingerprint density at radius 2 is 1.97 bits per heavy atom. The molecule has 0 saturated carbocycles. The number of nitrogens with zero attached hydrogens (tertiary/aromatic N) is 3. The average molecular weight is 463 g/mol. The van der Waals surface area contributed by atoms with Crippen LogP contribution >= 0.6 is 11.6 Å². The van der Waals surface area contributed by atoms with Crippen molar-refractivity contribution < 1.29 is 17.9 Å². The predicted molar refractivity (Wildman–Crippen MR) is 120 cm³/mol. The van der Waals surface area contributed by atoms with Gasteiger partial charge in [0.15, 0.2) is 0 Å². The van der Waals surface area contributed by atoms with Crippen LogP contribution in [0.25, 0.3) is 5.69 Å². The number of carbonyl (C=O) groups is 1. The van der Waals surface area contributed by atoms with E-state index in [0.29, 0.717) is 10.8 Å². The van der Waals surface area contributed by atoms with E-state index in [2.05, 4.69) is 10.3 Å². The maximum atomic E-state index is 12.8. The average Bonchev–Trinajstić information content (AvgIpc) is 3.26. The van der Waals surface area contributed by atoms with Gasteiger partial charge in [-0.3, -0.25) is 9.10 Å². The van der Waals surface area contributed by atoms with E-state index >= 15 is 0 Å². The van der Waals surface area contributed by atoms with Gasteiger partial charge < -0.3 is 14.6 Å². The first-order valence-corrected chi connectivity index (χ1v) is 11.6. The van der Waals surface area contributed by atoms with Gasteiger partial charge in [0, 0.05) is 29.6 Å². The molecule has 0 spiro atoms. The number of anilines is 1. The topological polar surface area (TPSA) is 93.5 Å². The number of methoxy groups -OCH3 is 1. The third-order valence-corrected chi connectivity index (χ3v) is 6.14. The minimum Gasteiger partial charge on any atom is -0.495 e. The van der Waals surface area contributed by atoms with Gasteiger partial charge in [-0.05, 0) is 42.8 Å². The molecule has 1 amide bonds. The van der Waals surface area contributed by atoms with Crippen molar-refractivity contribution in [2.45, 2.75) is 19.5 Å². The van der Waals surface area contributed by atoms with Gasteiger partial charge in [-0.2, -0.15) is 0 Å². The molecule has 10 heteroatoms. The summed E-state index contributed by atoms with van der Waals surface area (Å²) in [5.74, 6) is -0.157. The number of nitrogens with one attached hydrogen (secondary N) is 1. The van der Waals surface area contributed by atoms with Gasteiger partial charge in [-0.1, -0.05) is 23.7 Å². The standard InChI is InChI=1S/C21H23ClN4O4S/c1-15(26(31(3,28)29)19-12-17(22)6-9-20(19)30-2)21(27)24-13-16-4-7-18(8-5-16)25-11-10-23-14-25/h4-12,14-15H,13H2,1-3H3,(H,24,27)/t15-/m1/s1. The Balaban J connectivity index is 1.76. The Kier molecular flexibility index (Phi) is 6.87. The zero-order valence-corrected chi connectivity index (χ0v) is 18.9. The minimum absolute atomic E-state index is 0.199. The number of carbonyl (C=O) groups excluding carboxylic acids is 1. The number of hydrogen-bond acceptors (Lipinski definition) is 5. The maximum absolute atomic E-state index is 12.8. The van der Waals surface area contributed by atoms with Crippen LogP contribution in [0.5, 0.6) is 5.75 Å². The van der Waals surface area contributed by atoms with Crippen molar-refractivity contribution in [2.24, 2.45) is 0 Å². The molecule has 8 nitrogen and oxygen atoms in total. The van der Waals surface area contributed by atoms with Gasteiger partial charge in [0.25, 0.3) is 0 Å². The lowest BCUT2D eigenvalue weighted by molar-refractivity contribution is -0.122. The van der Waals surface area contributed by atoms with Crippen LogP contribution in [0, 0.1) is 0 Å². The van der Waals surface area contributed by atoms with E-state index in [1.165, 1.54) is 20.1 Å². The fourth-order valence-electron chi connectivity index (χ4n) is 3.15. The lowest BCUT2D eigenvalue weighted by atomic mass is 10.2. The van der Waals surface area contributed by atoms with Crippen molar-refractivity contribution in [3.63, 3.8) is 0 Å². The van der Waals surface area contributed by atoms with E-state index in [9.17, 15) is 13.2 Å². The molecule has 0 bridgehead atoms. The molecule has 0 unspecified atom stereocenters. The Morgan fingerprint density at radius 3 is 2.55 bits per heavy atom. The summed E-state index contributed by atoms with van der Waals surface area (Å²) in [6, 6.07) is 11.2. The summed E-state index contributed by atoms with van der Waals surface area (Å²) in [4.78, 5) is 16.8. The van der Waals surface area contributed by atoms with E-state index in [4.69, 9.17) is 16.3 Å². The molecule has 3 rings (SSSR count). The molecule has 31 heavy (non-hydrogen) atoms. The Labute approximate surface area is 186 Å². The van der Waals surface area contributed by atoms with Crippen molar-refractivity contribution in [3.8, 4) is 11.4 Å². The fourth-order valence-corrected chi connectivity index (χ4v) is 4.49. The van der Waals surface area contributed by atoms with Gasteiger partial charge in [-0.15, -0.1) is 0 Å². The molecule has 1 atom stereocenters. The smallest absolute Gasteiger partial charge is 0.243 e. The summed E-state index contributed by atoms with van der Waals surface area (Å²) in [6.45, 7) is 1.76. The van der Waals surface area contributed by atoms with Crippen LogP contribution in [-0.4, -0.2) is 43.3 Å². The lowest BCUT2D eigenvalue weighted by Crippen LogP contribution is -2.47. The molecular formula is C21H23ClN4O4S. The van der Waals surface area contributed by atoms with Gasteiger partial charge >= 0.3 is 0 Å². The third-order valence-electron chi connectivity index (χ3n) is 4.67. The summed E-state index contributed by atoms with van der Waals surface area (Å²) in [5, 5.41) is 3.12. The van der Waals surface area contributed by atoms with Crippen LogP contribution in [0.3, 0.4) is 0 Å². The molecule has 0 aliphatic heterocycles. The van der Waals surface area contributed by atoms with E-state index in [0.717, 1.165) is 21.8 Å². The van der Waals surface area contributed by atoms with Crippen molar-refractivity contribution in [1.29, 1.82) is 0 Å². The summed E-state index contributed by atoms with van der Waals surface area (Å²) in [7, 11) is -2.38. The molecule has 164 valence electrons. The highest BCUT2D eigenvalue weighted by atomic mass is 35.5. The highest BCUT2D eigenvalue weighted by molar-refractivity contribution is 7.92. The first-order valence-electron chi connectivity index (χ1n) is 9.38. The Morgan fingerprint density at radius 1 is 1.26 bits per heavy atom. The second-order valence-corrected chi connectivity index (χ2v) is 9.20. The number of hydrogen-bond donors (Lipinski definition) is 1. The molecule has 0 saturated heterocycles. The van der Waals surface area contributed by atoms with Gasteiger partial charge in [0.05, 0.1) is 25.4 Å². The molecule has 0 radical (unpaired) electrons. The van der Waals surface area contributed by atoms with Gasteiger partial charge in [0.1, 0.15) is 11.8 Å². The van der Waals surface area contributed by atoms with E-state index in [1.807, 2.05) is 35.0 Å². The highest BCUT2D eigenvalue weighted by Gasteiger charge is 2.31. The van der Waals surface area contributed by atoms with E-state index in [1.54, 1.807) is 24.7 Å². The van der Waals surface area contributed by atoms with Crippen LogP contribution in [0.2, 0.25) is 5.02 Å². The molecular weight excluding hydrogens is 440 g/mol. The fraction of sp³-hybridized carbons (Fsp3) is 0.238. The highest BCUT2D eigenvalue weighted by Crippen LogP contribution is 2.34. The van der Waals surface area contributed by atoms with Crippen molar-refractivity contribution in [3.05, 3.63) is 71.8 Å². The number of halogens is 1. The van der Waals surface area contributed by atoms with Crippen molar-refractivity contribution in [2.75, 3.05) is 17.7 Å². The van der Waals surface area contributed by atoms with Crippen LogP contribution in [0.4, 0.5) is 5.69 Å². The first-order chi connectivity index (χ1) is 14.7. The van der Waals surface area contributed by atoms with Crippen LogP contribution in [0.15, 0.2) is 61.2 Å². The van der Waals surface area contributed by atoms with Gasteiger partial charge in [-0.25, -0.2) is 13.4 Å². The zero-order chi connectivity index (χ0) is 22.6. The molecule has 1 aromatic heterocycles. The van der Waals surface area contributed by atoms with Crippen molar-refractivity contribution in [1.82, 2.24) is 14.9 Å². The summed E-state index contributed by atoms with van der Waals surface area (Å²) in [6.07, 6.45) is 6.26. The first kappa shape index (κ1) is 22.6. The quantitative estimate of drug-likeness (QED) is 0.555.